The van der Waals surface area contributed by atoms with Gasteiger partial charge in [-0.2, -0.15) is 0 Å². The number of hydrogen-bond acceptors (Lipinski definition) is 9. The molecule has 3 heterocycles. The van der Waals surface area contributed by atoms with Crippen molar-refractivity contribution in [3.63, 3.8) is 0 Å². The van der Waals surface area contributed by atoms with Crippen molar-refractivity contribution in [2.24, 2.45) is 5.73 Å². The third kappa shape index (κ3) is 4.63. The van der Waals surface area contributed by atoms with Crippen molar-refractivity contribution in [1.29, 1.82) is 0 Å². The van der Waals surface area contributed by atoms with E-state index in [1.54, 1.807) is 37.3 Å². The molecule has 4 rings (SSSR count). The van der Waals surface area contributed by atoms with E-state index in [2.05, 4.69) is 15.5 Å². The number of amides is 2. The Morgan fingerprint density at radius 3 is 2.69 bits per heavy atom. The number of β-lactam (4-membered cyclic amide) rings is 1. The summed E-state index contributed by atoms with van der Waals surface area (Å²) in [5.74, 6) is -1.91. The van der Waals surface area contributed by atoms with Gasteiger partial charge in [-0.15, -0.1) is 16.9 Å². The molecule has 1 saturated heterocycles. The number of aromatic nitrogens is 3. The number of carboxylic acid groups (broad SMARTS) is 1. The van der Waals surface area contributed by atoms with Gasteiger partial charge in [0.25, 0.3) is 5.91 Å². The molecule has 2 amide bonds. The highest BCUT2D eigenvalue weighted by Crippen LogP contribution is 2.41. The Morgan fingerprint density at radius 2 is 2.03 bits per heavy atom. The maximum absolute atomic E-state index is 12.9. The first-order valence-corrected chi connectivity index (χ1v) is 12.6. The van der Waals surface area contributed by atoms with Crippen LogP contribution in [0.2, 0.25) is 0 Å². The Morgan fingerprint density at radius 1 is 1.31 bits per heavy atom. The smallest absolute Gasteiger partial charge is 0.352 e. The summed E-state index contributed by atoms with van der Waals surface area (Å²) >= 11 is 2.41. The van der Waals surface area contributed by atoms with Crippen molar-refractivity contribution in [3.05, 3.63) is 67.9 Å². The van der Waals surface area contributed by atoms with Gasteiger partial charge in [0.15, 0.2) is 5.16 Å². The Balaban J connectivity index is 1.49. The number of benzene rings is 1. The predicted octanol–water partition coefficient (Wildman–Crippen LogP) is -0.518. The van der Waals surface area contributed by atoms with Gasteiger partial charge in [-0.05, 0) is 18.1 Å². The average Bonchev–Trinajstić information content (AvgIpc) is 2.87. The van der Waals surface area contributed by atoms with Crippen molar-refractivity contribution in [2.75, 3.05) is 11.5 Å². The van der Waals surface area contributed by atoms with E-state index in [4.69, 9.17) is 5.73 Å². The lowest BCUT2D eigenvalue weighted by Gasteiger charge is -2.49. The summed E-state index contributed by atoms with van der Waals surface area (Å²) in [7, 11) is 0. The molecule has 1 fully saturated rings. The van der Waals surface area contributed by atoms with Crippen molar-refractivity contribution in [1.82, 2.24) is 25.0 Å². The molecule has 12 nitrogen and oxygen atoms in total. The van der Waals surface area contributed by atoms with Gasteiger partial charge in [-0.25, -0.2) is 9.89 Å². The molecule has 2 aliphatic rings. The molecular formula is C21H22N6O6S2. The van der Waals surface area contributed by atoms with Gasteiger partial charge in [-0.1, -0.05) is 42.1 Å². The van der Waals surface area contributed by atoms with Gasteiger partial charge in [0.2, 0.25) is 5.91 Å². The number of hydrogen-bond donors (Lipinski definition) is 4. The maximum Gasteiger partial charge on any atom is 0.352 e. The minimum absolute atomic E-state index is 0.138. The van der Waals surface area contributed by atoms with Crippen molar-refractivity contribution >= 4 is 41.3 Å². The standard InChI is InChI=1S/C21H22N6O6S2/c1-2-26-18(31)16(29)24-25-21(26)35-9-11-8-34-19-13(17(30)27(19)14(11)20(32)33)23-15(28)12(22)10-6-4-3-5-7-10/h3-7,12-13,19H,2,8-9,22H2,1H3,(H,23,28)(H,24,29)(H,32,33)/t12-,13-,19-/m1/s1. The highest BCUT2D eigenvalue weighted by Gasteiger charge is 2.54. The fraction of sp³-hybridized carbons (Fsp3) is 0.333. The largest absolute Gasteiger partial charge is 0.477 e. The van der Waals surface area contributed by atoms with Crippen molar-refractivity contribution < 1.29 is 19.5 Å². The summed E-state index contributed by atoms with van der Waals surface area (Å²) in [5.41, 5.74) is 5.32. The summed E-state index contributed by atoms with van der Waals surface area (Å²) in [4.78, 5) is 62.2. The SMILES string of the molecule is CCn1c(SCC2=C(C(=O)O)N3C(=O)[C@@H](NC(=O)[C@H](N)c4ccccc4)[C@H]3SC2)n[nH]c(=O)c1=O. The highest BCUT2D eigenvalue weighted by atomic mass is 32.2. The van der Waals surface area contributed by atoms with E-state index in [1.165, 1.54) is 21.2 Å². The maximum atomic E-state index is 12.9. The molecule has 3 atom stereocenters. The molecule has 2 aromatic rings. The molecule has 0 aliphatic carbocycles. The monoisotopic (exact) mass is 518 g/mol. The molecule has 0 bridgehead atoms. The first-order valence-electron chi connectivity index (χ1n) is 10.6. The number of carbonyl (C=O) groups excluding carboxylic acids is 2. The second-order valence-corrected chi connectivity index (χ2v) is 9.76. The molecule has 0 spiro atoms. The molecule has 2 aliphatic heterocycles. The number of thioether (sulfide) groups is 2. The summed E-state index contributed by atoms with van der Waals surface area (Å²) in [5, 5.41) is 18.2. The van der Waals surface area contributed by atoms with E-state index in [-0.39, 0.29) is 23.2 Å². The molecule has 35 heavy (non-hydrogen) atoms. The Hall–Kier alpha value is -3.36. The summed E-state index contributed by atoms with van der Waals surface area (Å²) in [6, 6.07) is 6.86. The lowest BCUT2D eigenvalue weighted by atomic mass is 10.0. The number of carboxylic acids is 1. The molecule has 0 saturated carbocycles. The second-order valence-electron chi connectivity index (χ2n) is 7.72. The van der Waals surface area contributed by atoms with E-state index >= 15 is 0 Å². The number of nitrogens with one attached hydrogen (secondary N) is 2. The van der Waals surface area contributed by atoms with E-state index < -0.39 is 46.4 Å². The number of aliphatic carboxylic acids is 1. The fourth-order valence-corrected chi connectivity index (χ4v) is 6.30. The summed E-state index contributed by atoms with van der Waals surface area (Å²) in [6.45, 7) is 1.91. The molecule has 1 aromatic heterocycles. The number of rotatable bonds is 8. The minimum Gasteiger partial charge on any atom is -0.477 e. The van der Waals surface area contributed by atoms with Crippen LogP contribution in [-0.2, 0) is 20.9 Å². The number of fused-ring (bicyclic) bond motifs is 1. The van der Waals surface area contributed by atoms with Crippen LogP contribution in [0.4, 0.5) is 0 Å². The first-order chi connectivity index (χ1) is 16.7. The average molecular weight is 519 g/mol. The normalized spacial score (nSPS) is 20.2. The van der Waals surface area contributed by atoms with Crippen LogP contribution in [0.5, 0.6) is 0 Å². The Bertz CT molecular complexity index is 1320. The third-order valence-electron chi connectivity index (χ3n) is 5.60. The molecule has 184 valence electrons. The van der Waals surface area contributed by atoms with Gasteiger partial charge in [0.05, 0.1) is 0 Å². The lowest BCUT2D eigenvalue weighted by molar-refractivity contribution is -0.150. The zero-order chi connectivity index (χ0) is 25.3. The predicted molar refractivity (Wildman–Crippen MR) is 129 cm³/mol. The molecule has 1 aromatic carbocycles. The Kier molecular flexibility index (Phi) is 7.14. The van der Waals surface area contributed by atoms with E-state index in [9.17, 15) is 29.1 Å². The number of H-pyrrole nitrogens is 1. The molecule has 5 N–H and O–H groups in total. The number of aromatic amines is 1. The van der Waals surface area contributed by atoms with Gasteiger partial charge < -0.3 is 16.2 Å². The second kappa shape index (κ2) is 10.1. The quantitative estimate of drug-likeness (QED) is 0.202. The zero-order valence-corrected chi connectivity index (χ0v) is 20.1. The third-order valence-corrected chi connectivity index (χ3v) is 8.01. The van der Waals surface area contributed by atoms with Gasteiger partial charge >= 0.3 is 17.1 Å². The van der Waals surface area contributed by atoms with Crippen LogP contribution in [0.1, 0.15) is 18.5 Å². The topological polar surface area (TPSA) is 180 Å². The van der Waals surface area contributed by atoms with E-state index in [0.717, 1.165) is 11.8 Å². The van der Waals surface area contributed by atoms with Gasteiger partial charge in [-0.3, -0.25) is 28.6 Å². The van der Waals surface area contributed by atoms with Crippen molar-refractivity contribution in [2.45, 2.75) is 36.1 Å². The van der Waals surface area contributed by atoms with Crippen LogP contribution in [0, 0.1) is 0 Å². The lowest BCUT2D eigenvalue weighted by Crippen LogP contribution is -2.71. The summed E-state index contributed by atoms with van der Waals surface area (Å²) in [6.07, 6.45) is 0. The number of carbonyl (C=O) groups is 3. The number of nitrogens with zero attached hydrogens (tertiary/aromatic N) is 3. The van der Waals surface area contributed by atoms with Crippen LogP contribution in [0.25, 0.3) is 0 Å². The Labute approximate surface area is 207 Å². The van der Waals surface area contributed by atoms with Crippen LogP contribution in [-0.4, -0.2) is 65.5 Å². The van der Waals surface area contributed by atoms with Gasteiger partial charge in [0, 0.05) is 18.1 Å². The van der Waals surface area contributed by atoms with Crippen LogP contribution in [0.15, 0.2) is 56.3 Å². The van der Waals surface area contributed by atoms with Crippen LogP contribution < -0.4 is 22.2 Å². The summed E-state index contributed by atoms with van der Waals surface area (Å²) < 4.78 is 1.19. The van der Waals surface area contributed by atoms with Crippen LogP contribution in [0.3, 0.4) is 0 Å². The molecular weight excluding hydrogens is 496 g/mol. The van der Waals surface area contributed by atoms with Crippen molar-refractivity contribution in [3.8, 4) is 0 Å². The van der Waals surface area contributed by atoms with E-state index in [1.807, 2.05) is 0 Å². The molecule has 0 unspecified atom stereocenters. The highest BCUT2D eigenvalue weighted by molar-refractivity contribution is 8.01. The van der Waals surface area contributed by atoms with E-state index in [0.29, 0.717) is 16.9 Å². The minimum atomic E-state index is -1.27. The number of nitrogens with two attached hydrogens (primary N) is 1. The van der Waals surface area contributed by atoms with Crippen LogP contribution >= 0.6 is 23.5 Å². The fourth-order valence-electron chi connectivity index (χ4n) is 3.81. The molecule has 14 heteroatoms. The first kappa shape index (κ1) is 24.8. The molecule has 0 radical (unpaired) electrons. The zero-order valence-electron chi connectivity index (χ0n) is 18.5. The van der Waals surface area contributed by atoms with Gasteiger partial charge in [0.1, 0.15) is 23.2 Å².